The van der Waals surface area contributed by atoms with Gasteiger partial charge in [0, 0.05) is 71.4 Å². The first-order valence-electron chi connectivity index (χ1n) is 16.9. The van der Waals surface area contributed by atoms with Gasteiger partial charge in [-0.15, -0.1) is 0 Å². The van der Waals surface area contributed by atoms with Gasteiger partial charge in [-0.25, -0.2) is 0 Å². The molecule has 0 aromatic heterocycles. The van der Waals surface area contributed by atoms with Crippen LogP contribution in [0.4, 0.5) is 5.69 Å². The first-order valence-corrected chi connectivity index (χ1v) is 19.4. The Labute approximate surface area is 309 Å². The van der Waals surface area contributed by atoms with Crippen LogP contribution in [0.1, 0.15) is 60.9 Å². The van der Waals surface area contributed by atoms with Crippen molar-refractivity contribution < 1.29 is 19.2 Å². The maximum absolute atomic E-state index is 13.0. The highest BCUT2D eigenvalue weighted by molar-refractivity contribution is 8.76. The summed E-state index contributed by atoms with van der Waals surface area (Å²) in [4.78, 5) is 51.3. The van der Waals surface area contributed by atoms with E-state index in [1.54, 1.807) is 6.92 Å². The van der Waals surface area contributed by atoms with Crippen molar-refractivity contribution in [3.63, 3.8) is 0 Å². The summed E-state index contributed by atoms with van der Waals surface area (Å²) in [6, 6.07) is 22.7. The zero-order chi connectivity index (χ0) is 36.6. The van der Waals surface area contributed by atoms with Gasteiger partial charge in [0.05, 0.1) is 6.04 Å². The molecule has 0 aliphatic carbocycles. The number of nitrogens with two attached hydrogens (primary N) is 1. The number of rotatable bonds is 13. The quantitative estimate of drug-likeness (QED) is 0.125. The van der Waals surface area contributed by atoms with Crippen LogP contribution in [-0.2, 0) is 25.6 Å². The molecule has 0 radical (unpaired) electrons. The van der Waals surface area contributed by atoms with Crippen LogP contribution in [0.3, 0.4) is 0 Å². The number of Topliss-reactive ketones (excluding diaryl/α,β-unsaturated/α-hetero) is 1. The van der Waals surface area contributed by atoms with Gasteiger partial charge in [0.25, 0.3) is 0 Å². The van der Waals surface area contributed by atoms with E-state index in [2.05, 4.69) is 64.7 Å². The van der Waals surface area contributed by atoms with Crippen molar-refractivity contribution in [2.75, 3.05) is 29.5 Å². The fraction of sp³-hybridized carbons (Fsp3) is 0.286. The lowest BCUT2D eigenvalue weighted by Gasteiger charge is -2.21. The van der Waals surface area contributed by atoms with Crippen LogP contribution in [0.25, 0.3) is 0 Å². The molecule has 0 saturated carbocycles. The molecular formula is C42H43N3O4S2. The number of hydrogen-bond acceptors (Lipinski definition) is 8. The van der Waals surface area contributed by atoms with Gasteiger partial charge >= 0.3 is 0 Å². The normalized spacial score (nSPS) is 13.8. The van der Waals surface area contributed by atoms with Crippen LogP contribution < -0.4 is 16.0 Å². The van der Waals surface area contributed by atoms with Gasteiger partial charge in [-0.2, -0.15) is 0 Å². The van der Waals surface area contributed by atoms with Crippen molar-refractivity contribution in [1.82, 2.24) is 5.32 Å². The second-order valence-corrected chi connectivity index (χ2v) is 15.0. The van der Waals surface area contributed by atoms with Crippen molar-refractivity contribution in [3.05, 3.63) is 125 Å². The summed E-state index contributed by atoms with van der Waals surface area (Å²) in [6.45, 7) is 8.93. The van der Waals surface area contributed by atoms with Gasteiger partial charge in [0.2, 0.25) is 5.91 Å². The summed E-state index contributed by atoms with van der Waals surface area (Å²) >= 11 is 0. The number of carbonyl (C=O) groups excluding carboxylic acids is 4. The Balaban J connectivity index is 1.32. The average Bonchev–Trinajstić information content (AvgIpc) is 3.41. The van der Waals surface area contributed by atoms with Crippen molar-refractivity contribution in [2.45, 2.75) is 51.6 Å². The number of ketones is 3. The third kappa shape index (κ3) is 13.8. The first-order chi connectivity index (χ1) is 24.5. The summed E-state index contributed by atoms with van der Waals surface area (Å²) < 4.78 is 0. The molecule has 3 aromatic carbocycles. The highest BCUT2D eigenvalue weighted by Crippen LogP contribution is 2.26. The fourth-order valence-corrected chi connectivity index (χ4v) is 7.07. The van der Waals surface area contributed by atoms with Crippen molar-refractivity contribution in [2.24, 2.45) is 5.73 Å². The molecule has 2 unspecified atom stereocenters. The van der Waals surface area contributed by atoms with E-state index in [9.17, 15) is 19.2 Å². The maximum Gasteiger partial charge on any atom is 0.220 e. The van der Waals surface area contributed by atoms with Crippen LogP contribution in [0.2, 0.25) is 0 Å². The van der Waals surface area contributed by atoms with Gasteiger partial charge in [0.1, 0.15) is 0 Å². The minimum atomic E-state index is -0.773. The second kappa shape index (κ2) is 20.1. The van der Waals surface area contributed by atoms with Crippen LogP contribution in [0.15, 0.2) is 97.1 Å². The summed E-state index contributed by atoms with van der Waals surface area (Å²) in [7, 11) is 3.88. The lowest BCUT2D eigenvalue weighted by molar-refractivity contribution is -0.128. The molecule has 3 N–H and O–H groups in total. The van der Waals surface area contributed by atoms with Crippen LogP contribution >= 0.6 is 21.6 Å². The van der Waals surface area contributed by atoms with Crippen molar-refractivity contribution >= 4 is 50.5 Å². The molecule has 2 atom stereocenters. The average molecular weight is 718 g/mol. The zero-order valence-electron chi connectivity index (χ0n) is 29.1. The molecule has 0 spiro atoms. The molecule has 51 heavy (non-hydrogen) atoms. The highest BCUT2D eigenvalue weighted by atomic mass is 33.1. The molecule has 4 rings (SSSR count). The molecule has 1 saturated heterocycles. The first kappa shape index (κ1) is 39.0. The third-order valence-electron chi connectivity index (χ3n) is 7.90. The summed E-state index contributed by atoms with van der Waals surface area (Å²) in [5.41, 5.74) is 11.8. The smallest absolute Gasteiger partial charge is 0.220 e. The minimum absolute atomic E-state index is 0.0196. The Morgan fingerprint density at radius 1 is 0.804 bits per heavy atom. The maximum atomic E-state index is 13.0. The zero-order valence-corrected chi connectivity index (χ0v) is 30.7. The van der Waals surface area contributed by atoms with E-state index in [4.69, 9.17) is 5.73 Å². The molecule has 1 fully saturated rings. The third-order valence-corrected chi connectivity index (χ3v) is 10.3. The van der Waals surface area contributed by atoms with Crippen LogP contribution in [-0.4, -0.2) is 59.9 Å². The molecule has 1 heterocycles. The Morgan fingerprint density at radius 3 is 1.78 bits per heavy atom. The van der Waals surface area contributed by atoms with Gasteiger partial charge in [-0.3, -0.25) is 19.2 Å². The molecule has 3 aromatic rings. The number of carbonyl (C=O) groups is 4. The number of benzene rings is 3. The van der Waals surface area contributed by atoms with Gasteiger partial charge < -0.3 is 16.0 Å². The fourth-order valence-electron chi connectivity index (χ4n) is 5.09. The molecule has 7 nitrogen and oxygen atoms in total. The Morgan fingerprint density at radius 2 is 1.29 bits per heavy atom. The van der Waals surface area contributed by atoms with E-state index in [1.807, 2.05) is 70.1 Å². The van der Waals surface area contributed by atoms with E-state index in [-0.39, 0.29) is 54.8 Å². The number of allylic oxidation sites excluding steroid dienone is 3. The Hall–Kier alpha value is -4.80. The van der Waals surface area contributed by atoms with E-state index in [1.165, 1.54) is 12.6 Å². The summed E-state index contributed by atoms with van der Waals surface area (Å²) in [5, 5.41) is 2.81. The van der Waals surface area contributed by atoms with Gasteiger partial charge in [0.15, 0.2) is 17.3 Å². The largest absolute Gasteiger partial charge is 0.370 e. The van der Waals surface area contributed by atoms with E-state index >= 15 is 0 Å². The standard InChI is InChI=1S/C42H43N3O4S2/c1-30(40(47)22-5-32(3)46)4-23-42(49)44-39(41(48)28-31(2)43)29-37-16-14-35(15-17-37)11-10-33-6-8-34(9-7-33)12-13-36-18-20-38(21-19-36)45-24-26-50-51-27-25-45/h5-9,14-22,31,39H,1,4,23-29,43H2,2-3H3,(H,44,49). The van der Waals surface area contributed by atoms with Gasteiger partial charge in [-0.05, 0) is 111 Å². The molecule has 262 valence electrons. The summed E-state index contributed by atoms with van der Waals surface area (Å²) in [5.74, 6) is 13.9. The molecule has 0 bridgehead atoms. The van der Waals surface area contributed by atoms with E-state index in [0.29, 0.717) is 0 Å². The van der Waals surface area contributed by atoms with Gasteiger partial charge in [-0.1, -0.05) is 64.0 Å². The summed E-state index contributed by atoms with van der Waals surface area (Å²) in [6.07, 6.45) is 2.80. The van der Waals surface area contributed by atoms with E-state index in [0.717, 1.165) is 64.6 Å². The SMILES string of the molecule is C=C(CCC(=O)NC(Cc1ccc(C#Cc2ccc(C#Cc3ccc(N4CCSSCC4)cc3)cc2)cc1)C(=O)CC(C)N)C(=O)C=CC(C)=O. The molecule has 9 heteroatoms. The lowest BCUT2D eigenvalue weighted by Crippen LogP contribution is -2.44. The topological polar surface area (TPSA) is 110 Å². The number of nitrogens with one attached hydrogen (secondary N) is 1. The van der Waals surface area contributed by atoms with Crippen LogP contribution in [0.5, 0.6) is 0 Å². The monoisotopic (exact) mass is 717 g/mol. The number of anilines is 1. The number of amides is 1. The number of hydrogen-bond donors (Lipinski definition) is 2. The van der Waals surface area contributed by atoms with Crippen molar-refractivity contribution in [1.29, 1.82) is 0 Å². The molecule has 1 aliphatic heterocycles. The molecule has 1 amide bonds. The predicted octanol–water partition coefficient (Wildman–Crippen LogP) is 6.07. The van der Waals surface area contributed by atoms with Crippen LogP contribution in [0, 0.1) is 23.7 Å². The predicted molar refractivity (Wildman–Crippen MR) is 211 cm³/mol. The van der Waals surface area contributed by atoms with E-state index < -0.39 is 11.8 Å². The molecule has 1 aliphatic rings. The lowest BCUT2D eigenvalue weighted by atomic mass is 9.97. The van der Waals surface area contributed by atoms with Crippen molar-refractivity contribution in [3.8, 4) is 23.7 Å². The molecular weight excluding hydrogens is 675 g/mol. The Kier molecular flexibility index (Phi) is 15.4. The number of nitrogens with zero attached hydrogens (tertiary/aromatic N) is 1. The highest BCUT2D eigenvalue weighted by Gasteiger charge is 2.22. The minimum Gasteiger partial charge on any atom is -0.370 e. The second-order valence-electron chi connectivity index (χ2n) is 12.3. The Bertz CT molecular complexity index is 1850.